The predicted molar refractivity (Wildman–Crippen MR) is 172 cm³/mol. The molecular weight excluding hydrogens is 570 g/mol. The van der Waals surface area contributed by atoms with E-state index < -0.39 is 36.3 Å². The number of likely N-dealkylation sites (N-methyl/N-ethyl adjacent to an activating group) is 1. The lowest BCUT2D eigenvalue weighted by molar-refractivity contribution is -0.129. The molecule has 5 atom stereocenters. The Morgan fingerprint density at radius 1 is 1.02 bits per heavy atom. The molecule has 0 aromatic heterocycles. The molecule has 2 aromatic carbocycles. The molecule has 45 heavy (non-hydrogen) atoms. The molecule has 0 saturated heterocycles. The third-order valence-corrected chi connectivity index (χ3v) is 10.9. The summed E-state index contributed by atoms with van der Waals surface area (Å²) in [5.41, 5.74) is 9.81. The maximum absolute atomic E-state index is 14.3. The van der Waals surface area contributed by atoms with E-state index in [1.807, 2.05) is 18.2 Å². The number of fused-ring (bicyclic) bond motifs is 3. The van der Waals surface area contributed by atoms with Gasteiger partial charge in [-0.3, -0.25) is 19.4 Å². The second-order valence-electron chi connectivity index (χ2n) is 13.7. The number of ketones is 1. The first kappa shape index (κ1) is 31.3. The molecule has 1 amide bonds. The smallest absolute Gasteiger partial charge is 0.248 e. The van der Waals surface area contributed by atoms with Crippen molar-refractivity contribution < 1.29 is 30.0 Å². The molecule has 0 aliphatic heterocycles. The van der Waals surface area contributed by atoms with E-state index in [0.717, 1.165) is 23.2 Å². The second kappa shape index (κ2) is 12.3. The molecule has 6 N–H and O–H groups in total. The van der Waals surface area contributed by atoms with E-state index in [-0.39, 0.29) is 45.7 Å². The third-order valence-electron chi connectivity index (χ3n) is 10.9. The number of amides is 1. The minimum Gasteiger partial charge on any atom is -0.510 e. The van der Waals surface area contributed by atoms with Crippen molar-refractivity contribution in [2.24, 2.45) is 29.4 Å². The van der Waals surface area contributed by atoms with Gasteiger partial charge in [-0.25, -0.2) is 0 Å². The number of phenols is 1. The SMILES string of the molecule is CN(Cc1cccc(-c2ccc(O)c3c2CC2CC4C(C(=O)C2=C3O)C(CO)C(C(N)=O)=C(O)[C@H]4N(C)C)c1)C1CCCCC1. The molecule has 0 spiro atoms. The van der Waals surface area contributed by atoms with E-state index in [9.17, 15) is 30.0 Å². The molecular formula is C36H45N3O6. The van der Waals surface area contributed by atoms with Gasteiger partial charge in [0.1, 0.15) is 17.3 Å². The molecule has 2 fully saturated rings. The molecule has 6 rings (SSSR count). The summed E-state index contributed by atoms with van der Waals surface area (Å²) in [5, 5.41) is 44.3. The van der Waals surface area contributed by atoms with Crippen molar-refractivity contribution in [2.45, 2.75) is 63.6 Å². The van der Waals surface area contributed by atoms with Gasteiger partial charge in [-0.15, -0.1) is 0 Å². The highest BCUT2D eigenvalue weighted by atomic mass is 16.3. The van der Waals surface area contributed by atoms with Crippen LogP contribution in [0.1, 0.15) is 55.2 Å². The summed E-state index contributed by atoms with van der Waals surface area (Å²) in [6.45, 7) is 0.281. The van der Waals surface area contributed by atoms with Crippen LogP contribution in [0.2, 0.25) is 0 Å². The molecule has 0 heterocycles. The van der Waals surface area contributed by atoms with Crippen LogP contribution >= 0.6 is 0 Å². The number of nitrogens with two attached hydrogens (primary N) is 1. The van der Waals surface area contributed by atoms with Crippen molar-refractivity contribution in [3.05, 3.63) is 70.0 Å². The fraction of sp³-hybridized carbons (Fsp3) is 0.500. The molecule has 9 heteroatoms. The summed E-state index contributed by atoms with van der Waals surface area (Å²) in [7, 11) is 5.73. The van der Waals surface area contributed by atoms with Gasteiger partial charge in [-0.1, -0.05) is 43.5 Å². The largest absolute Gasteiger partial charge is 0.510 e. The zero-order valence-electron chi connectivity index (χ0n) is 26.4. The molecule has 2 saturated carbocycles. The molecule has 0 radical (unpaired) electrons. The lowest BCUT2D eigenvalue weighted by Crippen LogP contribution is -2.55. The highest BCUT2D eigenvalue weighted by Gasteiger charge is 2.55. The Morgan fingerprint density at radius 3 is 2.42 bits per heavy atom. The number of allylic oxidation sites excluding steroid dienone is 1. The Bertz CT molecular complexity index is 1570. The molecule has 0 bridgehead atoms. The average molecular weight is 616 g/mol. The number of aromatic hydroxyl groups is 1. The van der Waals surface area contributed by atoms with Crippen LogP contribution in [0, 0.1) is 23.7 Å². The summed E-state index contributed by atoms with van der Waals surface area (Å²) in [5.74, 6) is -4.48. The van der Waals surface area contributed by atoms with Crippen LogP contribution in [0.15, 0.2) is 53.3 Å². The van der Waals surface area contributed by atoms with Crippen LogP contribution in [0.5, 0.6) is 5.75 Å². The highest BCUT2D eigenvalue weighted by molar-refractivity contribution is 6.07. The van der Waals surface area contributed by atoms with Crippen LogP contribution in [0.4, 0.5) is 0 Å². The number of nitrogens with zero attached hydrogens (tertiary/aromatic N) is 2. The molecule has 4 unspecified atom stereocenters. The maximum Gasteiger partial charge on any atom is 0.248 e. The van der Waals surface area contributed by atoms with Crippen molar-refractivity contribution in [2.75, 3.05) is 27.7 Å². The lowest BCUT2D eigenvalue weighted by Gasteiger charge is -2.49. The molecule has 2 aromatic rings. The van der Waals surface area contributed by atoms with E-state index in [2.05, 4.69) is 24.1 Å². The van der Waals surface area contributed by atoms with Crippen molar-refractivity contribution in [1.82, 2.24) is 9.80 Å². The van der Waals surface area contributed by atoms with Crippen LogP contribution in [0.3, 0.4) is 0 Å². The fourth-order valence-corrected chi connectivity index (χ4v) is 8.88. The normalized spacial score (nSPS) is 27.1. The van der Waals surface area contributed by atoms with Crippen molar-refractivity contribution >= 4 is 17.4 Å². The van der Waals surface area contributed by atoms with Crippen molar-refractivity contribution in [3.63, 3.8) is 0 Å². The third kappa shape index (κ3) is 5.34. The van der Waals surface area contributed by atoms with Crippen LogP contribution in [-0.4, -0.2) is 81.7 Å². The number of Topliss-reactive ketones (excluding diaryl/α,β-unsaturated/α-hetero) is 1. The number of hydrogen-bond acceptors (Lipinski definition) is 8. The van der Waals surface area contributed by atoms with Gasteiger partial charge in [0, 0.05) is 30.0 Å². The molecule has 4 aliphatic carbocycles. The van der Waals surface area contributed by atoms with Gasteiger partial charge in [0.05, 0.1) is 23.8 Å². The average Bonchev–Trinajstić information content (AvgIpc) is 3.00. The quantitative estimate of drug-likeness (QED) is 0.310. The van der Waals surface area contributed by atoms with E-state index in [0.29, 0.717) is 18.9 Å². The van der Waals surface area contributed by atoms with E-state index >= 15 is 0 Å². The van der Waals surface area contributed by atoms with E-state index in [1.54, 1.807) is 25.1 Å². The lowest BCUT2D eigenvalue weighted by atomic mass is 9.56. The Labute approximate surface area is 264 Å². The minimum atomic E-state index is -0.992. The van der Waals surface area contributed by atoms with Gasteiger partial charge in [0.15, 0.2) is 5.78 Å². The van der Waals surface area contributed by atoms with Gasteiger partial charge >= 0.3 is 0 Å². The maximum atomic E-state index is 14.3. The van der Waals surface area contributed by atoms with Gasteiger partial charge in [-0.2, -0.15) is 0 Å². The topological polar surface area (TPSA) is 148 Å². The van der Waals surface area contributed by atoms with Crippen molar-refractivity contribution in [3.8, 4) is 16.9 Å². The number of carbonyl (C=O) groups is 2. The summed E-state index contributed by atoms with van der Waals surface area (Å²) < 4.78 is 0. The van der Waals surface area contributed by atoms with Gasteiger partial charge in [0.25, 0.3) is 0 Å². The monoisotopic (exact) mass is 615 g/mol. The molecule has 4 aliphatic rings. The fourth-order valence-electron chi connectivity index (χ4n) is 8.88. The van der Waals surface area contributed by atoms with Gasteiger partial charge < -0.3 is 26.2 Å². The van der Waals surface area contributed by atoms with Crippen molar-refractivity contribution in [1.29, 1.82) is 0 Å². The summed E-state index contributed by atoms with van der Waals surface area (Å²) in [6, 6.07) is 11.8. The van der Waals surface area contributed by atoms with Gasteiger partial charge in [-0.05, 0) is 93.0 Å². The van der Waals surface area contributed by atoms with Gasteiger partial charge in [0.2, 0.25) is 5.91 Å². The molecule has 240 valence electrons. The number of aliphatic hydroxyl groups is 3. The Morgan fingerprint density at radius 2 is 1.76 bits per heavy atom. The first-order valence-corrected chi connectivity index (χ1v) is 16.2. The minimum absolute atomic E-state index is 0.107. The Kier molecular flexibility index (Phi) is 8.54. The zero-order chi connectivity index (χ0) is 32.2. The Hall–Kier alpha value is -3.66. The predicted octanol–water partition coefficient (Wildman–Crippen LogP) is 4.32. The number of carbonyl (C=O) groups excluding carboxylic acids is 2. The van der Waals surface area contributed by atoms with Crippen LogP contribution in [-0.2, 0) is 22.6 Å². The van der Waals surface area contributed by atoms with E-state index in [4.69, 9.17) is 5.73 Å². The molecule has 9 nitrogen and oxygen atoms in total. The summed E-state index contributed by atoms with van der Waals surface area (Å²) in [6.07, 6.45) is 7.16. The number of benzene rings is 2. The zero-order valence-corrected chi connectivity index (χ0v) is 26.4. The number of aliphatic hydroxyl groups excluding tert-OH is 3. The van der Waals surface area contributed by atoms with E-state index in [1.165, 1.54) is 37.7 Å². The standard InChI is InChI=1S/C36H45N3O6/c1-38(2)32-25-16-21-15-24-23(20-9-7-8-19(14-20)17-39(3)22-10-5-4-6-11-22)12-13-27(41)30(24)34(43)28(21)33(42)29(25)26(18-40)31(35(32)44)36(37)45/h7-9,12-14,21-22,25-26,29,32,40-41,43-44H,4-6,10-11,15-18H2,1-3H3,(H2,37,45)/t21?,25?,26?,29?,32-/m0/s1. The van der Waals surface area contributed by atoms with Crippen LogP contribution < -0.4 is 5.73 Å². The number of primary amides is 1. The van der Waals surface area contributed by atoms with Crippen LogP contribution in [0.25, 0.3) is 16.9 Å². The second-order valence-corrected chi connectivity index (χ2v) is 13.7. The number of hydrogen-bond donors (Lipinski definition) is 5. The number of rotatable bonds is 7. The number of phenolic OH excluding ortho intramolecular Hbond substituents is 1. The summed E-state index contributed by atoms with van der Waals surface area (Å²) in [4.78, 5) is 30.9. The first-order chi connectivity index (χ1) is 21.5. The Balaban J connectivity index is 1.39. The first-order valence-electron chi connectivity index (χ1n) is 16.2. The summed E-state index contributed by atoms with van der Waals surface area (Å²) >= 11 is 0. The highest BCUT2D eigenvalue weighted by Crippen LogP contribution is 2.53.